The predicted molar refractivity (Wildman–Crippen MR) is 87.7 cm³/mol. The van der Waals surface area contributed by atoms with Gasteiger partial charge in [0.05, 0.1) is 7.11 Å². The zero-order valence-electron chi connectivity index (χ0n) is 11.9. The Morgan fingerprint density at radius 2 is 2.05 bits per heavy atom. The Labute approximate surface area is 124 Å². The molecule has 1 aliphatic heterocycles. The fourth-order valence-electron chi connectivity index (χ4n) is 2.82. The molecule has 0 radical (unpaired) electrons. The van der Waals surface area contributed by atoms with E-state index in [1.54, 1.807) is 7.11 Å². The van der Waals surface area contributed by atoms with Gasteiger partial charge in [0.15, 0.2) is 0 Å². The summed E-state index contributed by atoms with van der Waals surface area (Å²) in [6, 6.07) is 13.4. The van der Waals surface area contributed by atoms with E-state index in [1.807, 2.05) is 0 Å². The van der Waals surface area contributed by atoms with Gasteiger partial charge in [-0.05, 0) is 35.6 Å². The van der Waals surface area contributed by atoms with Crippen molar-refractivity contribution in [1.29, 1.82) is 0 Å². The average Bonchev–Trinajstić information content (AvgIpc) is 2.53. The third-order valence-electron chi connectivity index (χ3n) is 3.94. The largest absolute Gasteiger partial charge is 0.496 e. The first-order valence-corrected chi connectivity index (χ1v) is 8.39. The van der Waals surface area contributed by atoms with E-state index in [-0.39, 0.29) is 0 Å². The summed E-state index contributed by atoms with van der Waals surface area (Å²) in [7, 11) is 1.74. The Bertz CT molecular complexity index is 578. The maximum atomic E-state index is 5.45. The molecule has 3 rings (SSSR count). The number of thioether (sulfide) groups is 1. The molecule has 2 aromatic carbocycles. The second-order valence-corrected chi connectivity index (χ2v) is 6.42. The minimum Gasteiger partial charge on any atom is -0.496 e. The molecule has 106 valence electrons. The maximum absolute atomic E-state index is 5.45. The summed E-state index contributed by atoms with van der Waals surface area (Å²) in [6.07, 6.45) is 2.65. The van der Waals surface area contributed by atoms with Gasteiger partial charge in [-0.1, -0.05) is 30.3 Å². The third-order valence-corrected chi connectivity index (χ3v) is 5.15. The van der Waals surface area contributed by atoms with Crippen molar-refractivity contribution in [1.82, 2.24) is 5.32 Å². The number of nitrogens with one attached hydrogen (secondary N) is 1. The quantitative estimate of drug-likeness (QED) is 0.923. The molecule has 20 heavy (non-hydrogen) atoms. The standard InChI is InChI=1S/C17H21NOS/c1-19-17-9-8-13(15-6-2-3-7-16(15)17)11-18-14-5-4-10-20-12-14/h2-3,6-9,14,18H,4-5,10-12H2,1H3. The predicted octanol–water partition coefficient (Wildman–Crippen LogP) is 3.83. The van der Waals surface area contributed by atoms with Gasteiger partial charge >= 0.3 is 0 Å². The summed E-state index contributed by atoms with van der Waals surface area (Å²) < 4.78 is 5.45. The summed E-state index contributed by atoms with van der Waals surface area (Å²) >= 11 is 2.07. The molecule has 2 nitrogen and oxygen atoms in total. The van der Waals surface area contributed by atoms with Crippen LogP contribution in [0.2, 0.25) is 0 Å². The molecule has 1 saturated heterocycles. The minimum atomic E-state index is 0.662. The van der Waals surface area contributed by atoms with Crippen LogP contribution in [-0.2, 0) is 6.54 Å². The lowest BCUT2D eigenvalue weighted by Crippen LogP contribution is -2.33. The Hall–Kier alpha value is -1.19. The van der Waals surface area contributed by atoms with E-state index >= 15 is 0 Å². The number of methoxy groups -OCH3 is 1. The van der Waals surface area contributed by atoms with Crippen LogP contribution < -0.4 is 10.1 Å². The number of hydrogen-bond acceptors (Lipinski definition) is 3. The highest BCUT2D eigenvalue weighted by atomic mass is 32.2. The summed E-state index contributed by atoms with van der Waals surface area (Å²) in [5.41, 5.74) is 1.36. The van der Waals surface area contributed by atoms with Gasteiger partial charge in [0.1, 0.15) is 5.75 Å². The molecule has 3 heteroatoms. The van der Waals surface area contributed by atoms with Crippen molar-refractivity contribution in [3.8, 4) is 5.75 Å². The number of ether oxygens (including phenoxy) is 1. The highest BCUT2D eigenvalue weighted by molar-refractivity contribution is 7.99. The molecule has 1 heterocycles. The van der Waals surface area contributed by atoms with Crippen LogP contribution in [0.3, 0.4) is 0 Å². The van der Waals surface area contributed by atoms with Crippen molar-refractivity contribution >= 4 is 22.5 Å². The lowest BCUT2D eigenvalue weighted by molar-refractivity contribution is 0.419. The number of fused-ring (bicyclic) bond motifs is 1. The molecule has 0 spiro atoms. The molecule has 1 atom stereocenters. The van der Waals surface area contributed by atoms with E-state index in [9.17, 15) is 0 Å². The SMILES string of the molecule is COc1ccc(CNC2CCCSC2)c2ccccc12. The van der Waals surface area contributed by atoms with E-state index in [1.165, 1.54) is 40.7 Å². The Morgan fingerprint density at radius 3 is 2.80 bits per heavy atom. The Balaban J connectivity index is 1.80. The van der Waals surface area contributed by atoms with Crippen LogP contribution in [-0.4, -0.2) is 24.7 Å². The normalized spacial score (nSPS) is 19.1. The number of rotatable bonds is 4. The highest BCUT2D eigenvalue weighted by Gasteiger charge is 2.13. The monoisotopic (exact) mass is 287 g/mol. The van der Waals surface area contributed by atoms with E-state index in [4.69, 9.17) is 4.74 Å². The lowest BCUT2D eigenvalue weighted by Gasteiger charge is -2.23. The van der Waals surface area contributed by atoms with Crippen molar-refractivity contribution < 1.29 is 4.74 Å². The molecule has 0 saturated carbocycles. The van der Waals surface area contributed by atoms with Gasteiger partial charge in [0, 0.05) is 23.7 Å². The van der Waals surface area contributed by atoms with Gasteiger partial charge in [0.2, 0.25) is 0 Å². The van der Waals surface area contributed by atoms with Crippen LogP contribution in [0.5, 0.6) is 5.75 Å². The van der Waals surface area contributed by atoms with Crippen LogP contribution in [0.4, 0.5) is 0 Å². The van der Waals surface area contributed by atoms with Gasteiger partial charge in [-0.3, -0.25) is 0 Å². The lowest BCUT2D eigenvalue weighted by atomic mass is 10.0. The third kappa shape index (κ3) is 2.94. The average molecular weight is 287 g/mol. The van der Waals surface area contributed by atoms with Crippen molar-refractivity contribution in [2.24, 2.45) is 0 Å². The van der Waals surface area contributed by atoms with Gasteiger partial charge in [-0.15, -0.1) is 0 Å². The minimum absolute atomic E-state index is 0.662. The number of benzene rings is 2. The first-order valence-electron chi connectivity index (χ1n) is 7.24. The molecular formula is C17H21NOS. The highest BCUT2D eigenvalue weighted by Crippen LogP contribution is 2.28. The topological polar surface area (TPSA) is 21.3 Å². The van der Waals surface area contributed by atoms with Crippen LogP contribution in [0.1, 0.15) is 18.4 Å². The van der Waals surface area contributed by atoms with Crippen LogP contribution in [0.25, 0.3) is 10.8 Å². The van der Waals surface area contributed by atoms with Crippen LogP contribution >= 0.6 is 11.8 Å². The van der Waals surface area contributed by atoms with E-state index in [0.29, 0.717) is 6.04 Å². The smallest absolute Gasteiger partial charge is 0.126 e. The molecule has 0 bridgehead atoms. The molecule has 1 fully saturated rings. The van der Waals surface area contributed by atoms with E-state index < -0.39 is 0 Å². The van der Waals surface area contributed by atoms with Crippen molar-refractivity contribution in [3.05, 3.63) is 42.0 Å². The summed E-state index contributed by atoms with van der Waals surface area (Å²) in [6.45, 7) is 0.940. The van der Waals surface area contributed by atoms with Crippen LogP contribution in [0, 0.1) is 0 Å². The van der Waals surface area contributed by atoms with Crippen molar-refractivity contribution in [2.75, 3.05) is 18.6 Å². The van der Waals surface area contributed by atoms with Crippen LogP contribution in [0.15, 0.2) is 36.4 Å². The molecule has 1 N–H and O–H groups in total. The molecule has 1 aliphatic rings. The van der Waals surface area contributed by atoms with Gasteiger partial charge < -0.3 is 10.1 Å². The van der Waals surface area contributed by atoms with Gasteiger partial charge in [-0.2, -0.15) is 11.8 Å². The molecule has 2 aromatic rings. The molecule has 0 amide bonds. The fourth-order valence-corrected chi connectivity index (χ4v) is 3.93. The summed E-state index contributed by atoms with van der Waals surface area (Å²) in [5, 5.41) is 6.20. The molecular weight excluding hydrogens is 266 g/mol. The second kappa shape index (κ2) is 6.51. The second-order valence-electron chi connectivity index (χ2n) is 5.27. The Morgan fingerprint density at radius 1 is 1.20 bits per heavy atom. The molecule has 1 unspecified atom stereocenters. The zero-order chi connectivity index (χ0) is 13.8. The van der Waals surface area contributed by atoms with E-state index in [2.05, 4.69) is 53.5 Å². The maximum Gasteiger partial charge on any atom is 0.126 e. The zero-order valence-corrected chi connectivity index (χ0v) is 12.7. The number of hydrogen-bond donors (Lipinski definition) is 1. The van der Waals surface area contributed by atoms with E-state index in [0.717, 1.165) is 12.3 Å². The summed E-state index contributed by atoms with van der Waals surface area (Å²) in [5.74, 6) is 3.52. The first kappa shape index (κ1) is 13.8. The first-order chi connectivity index (χ1) is 9.88. The van der Waals surface area contributed by atoms with Crippen molar-refractivity contribution in [2.45, 2.75) is 25.4 Å². The summed E-state index contributed by atoms with van der Waals surface area (Å²) in [4.78, 5) is 0. The van der Waals surface area contributed by atoms with Crippen molar-refractivity contribution in [3.63, 3.8) is 0 Å². The fraction of sp³-hybridized carbons (Fsp3) is 0.412. The van der Waals surface area contributed by atoms with Gasteiger partial charge in [0.25, 0.3) is 0 Å². The van der Waals surface area contributed by atoms with Gasteiger partial charge in [-0.25, -0.2) is 0 Å². The molecule has 0 aliphatic carbocycles. The molecule has 0 aromatic heterocycles. The Kier molecular flexibility index (Phi) is 4.48.